The molecule has 33 heavy (non-hydrogen) atoms. The third kappa shape index (κ3) is 6.98. The molecule has 0 unspecified atom stereocenters. The molecule has 0 heterocycles. The Morgan fingerprint density at radius 3 is 2.33 bits per heavy atom. The molecule has 0 saturated carbocycles. The van der Waals surface area contributed by atoms with Crippen LogP contribution in [0.2, 0.25) is 5.02 Å². The van der Waals surface area contributed by atoms with Crippen molar-refractivity contribution in [3.8, 4) is 5.75 Å². The summed E-state index contributed by atoms with van der Waals surface area (Å²) in [6, 6.07) is 19.2. The average Bonchev–Trinajstić information content (AvgIpc) is 2.79. The number of esters is 1. The summed E-state index contributed by atoms with van der Waals surface area (Å²) in [7, 11) is -3.85. The number of hydrogen-bond acceptors (Lipinski definition) is 6. The summed E-state index contributed by atoms with van der Waals surface area (Å²) in [5.41, 5.74) is 4.17. The van der Waals surface area contributed by atoms with Gasteiger partial charge in [0.25, 0.3) is 5.91 Å². The molecule has 0 spiro atoms. The van der Waals surface area contributed by atoms with Gasteiger partial charge in [0.1, 0.15) is 5.75 Å². The van der Waals surface area contributed by atoms with Gasteiger partial charge in [-0.3, -0.25) is 4.79 Å². The van der Waals surface area contributed by atoms with Crippen molar-refractivity contribution >= 4 is 39.7 Å². The Bertz CT molecular complexity index is 1270. The Balaban J connectivity index is 1.49. The number of sulfonamides is 1. The first-order valence-corrected chi connectivity index (χ1v) is 11.6. The minimum atomic E-state index is -3.85. The molecule has 3 rings (SSSR count). The van der Waals surface area contributed by atoms with Gasteiger partial charge in [0.15, 0.2) is 0 Å². The first-order valence-electron chi connectivity index (χ1n) is 9.69. The van der Waals surface area contributed by atoms with Gasteiger partial charge in [0, 0.05) is 5.02 Å². The lowest BCUT2D eigenvalue weighted by Crippen LogP contribution is -2.34. The normalized spacial score (nSPS) is 11.3. The van der Waals surface area contributed by atoms with E-state index in [1.165, 1.54) is 30.5 Å². The maximum atomic E-state index is 12.3. The molecule has 0 aliphatic carbocycles. The second-order valence-electron chi connectivity index (χ2n) is 6.85. The number of aryl methyl sites for hydroxylation is 1. The van der Waals surface area contributed by atoms with Crippen molar-refractivity contribution in [3.63, 3.8) is 0 Å². The van der Waals surface area contributed by atoms with Gasteiger partial charge in [-0.2, -0.15) is 5.10 Å². The van der Waals surface area contributed by atoms with Crippen molar-refractivity contribution < 1.29 is 22.7 Å². The fourth-order valence-corrected chi connectivity index (χ4v) is 3.77. The molecule has 0 fully saturated rings. The number of amides is 1. The number of rotatable bonds is 8. The highest BCUT2D eigenvalue weighted by Crippen LogP contribution is 2.16. The first kappa shape index (κ1) is 24.1. The van der Waals surface area contributed by atoms with Crippen molar-refractivity contribution in [2.75, 3.05) is 6.54 Å². The third-order valence-electron chi connectivity index (χ3n) is 4.41. The van der Waals surface area contributed by atoms with Crippen LogP contribution in [-0.4, -0.2) is 33.1 Å². The smallest absolute Gasteiger partial charge is 0.343 e. The number of nitrogens with zero attached hydrogens (tertiary/aromatic N) is 1. The molecule has 0 aromatic heterocycles. The van der Waals surface area contributed by atoms with Crippen molar-refractivity contribution in [3.05, 3.63) is 94.5 Å². The highest BCUT2D eigenvalue weighted by Gasteiger charge is 2.15. The van der Waals surface area contributed by atoms with Gasteiger partial charge in [0.05, 0.1) is 23.2 Å². The predicted molar refractivity (Wildman–Crippen MR) is 125 cm³/mol. The van der Waals surface area contributed by atoms with Crippen LogP contribution in [0.4, 0.5) is 0 Å². The molecule has 10 heteroatoms. The molecule has 170 valence electrons. The summed E-state index contributed by atoms with van der Waals surface area (Å²) < 4.78 is 31.8. The molecule has 0 radical (unpaired) electrons. The van der Waals surface area contributed by atoms with Gasteiger partial charge >= 0.3 is 5.97 Å². The Hall–Kier alpha value is -3.53. The van der Waals surface area contributed by atoms with Crippen LogP contribution >= 0.6 is 11.6 Å². The van der Waals surface area contributed by atoms with E-state index in [4.69, 9.17) is 16.3 Å². The number of ether oxygens (including phenoxy) is 1. The van der Waals surface area contributed by atoms with E-state index < -0.39 is 28.4 Å². The molecule has 0 bridgehead atoms. The van der Waals surface area contributed by atoms with Crippen molar-refractivity contribution in [1.82, 2.24) is 10.1 Å². The van der Waals surface area contributed by atoms with E-state index in [1.807, 2.05) is 19.1 Å². The molecule has 3 aromatic rings. The lowest BCUT2D eigenvalue weighted by Gasteiger charge is -2.07. The van der Waals surface area contributed by atoms with Crippen LogP contribution in [0.3, 0.4) is 0 Å². The van der Waals surface area contributed by atoms with E-state index in [1.54, 1.807) is 36.4 Å². The molecule has 0 atom stereocenters. The van der Waals surface area contributed by atoms with Gasteiger partial charge in [0.2, 0.25) is 10.0 Å². The van der Waals surface area contributed by atoms with Gasteiger partial charge in [-0.05, 0) is 72.6 Å². The number of hydrogen-bond donors (Lipinski definition) is 2. The van der Waals surface area contributed by atoms with Crippen molar-refractivity contribution in [1.29, 1.82) is 0 Å². The predicted octanol–water partition coefficient (Wildman–Crippen LogP) is 3.30. The van der Waals surface area contributed by atoms with E-state index in [9.17, 15) is 18.0 Å². The number of hydrazone groups is 1. The van der Waals surface area contributed by atoms with Crippen LogP contribution in [-0.2, 0) is 14.8 Å². The zero-order valence-electron chi connectivity index (χ0n) is 17.5. The largest absolute Gasteiger partial charge is 0.423 e. The molecular formula is C23H20ClN3O5S. The maximum absolute atomic E-state index is 12.3. The van der Waals surface area contributed by atoms with Crippen LogP contribution < -0.4 is 14.9 Å². The van der Waals surface area contributed by atoms with Gasteiger partial charge in [-0.15, -0.1) is 0 Å². The summed E-state index contributed by atoms with van der Waals surface area (Å²) in [6.07, 6.45) is 1.37. The quantitative estimate of drug-likeness (QED) is 0.220. The van der Waals surface area contributed by atoms with Gasteiger partial charge in [-0.1, -0.05) is 29.8 Å². The number of halogens is 1. The first-order chi connectivity index (χ1) is 15.7. The monoisotopic (exact) mass is 485 g/mol. The highest BCUT2D eigenvalue weighted by atomic mass is 35.5. The van der Waals surface area contributed by atoms with Crippen molar-refractivity contribution in [2.24, 2.45) is 5.10 Å². The molecule has 0 aliphatic heterocycles. The summed E-state index contributed by atoms with van der Waals surface area (Å²) in [5.74, 6) is -0.739. The molecule has 1 amide bonds. The Morgan fingerprint density at radius 1 is 1.00 bits per heavy atom. The summed E-state index contributed by atoms with van der Waals surface area (Å²) in [4.78, 5) is 24.1. The lowest BCUT2D eigenvalue weighted by atomic mass is 10.1. The summed E-state index contributed by atoms with van der Waals surface area (Å²) in [5, 5.41) is 4.19. The van der Waals surface area contributed by atoms with E-state index in [-0.39, 0.29) is 4.90 Å². The summed E-state index contributed by atoms with van der Waals surface area (Å²) >= 11 is 5.74. The van der Waals surface area contributed by atoms with Crippen LogP contribution in [0.15, 0.2) is 82.8 Å². The number of nitrogens with one attached hydrogen (secondary N) is 2. The minimum absolute atomic E-state index is 0.00795. The zero-order chi connectivity index (χ0) is 23.8. The second kappa shape index (κ2) is 10.9. The standard InChI is InChI=1S/C23H20ClN3O5S/c1-16-4-2-3-5-21(16)23(29)32-19-10-6-17(7-11-19)14-25-27-22(28)15-26-33(30,31)20-12-8-18(24)9-13-20/h2-14,26H,15H2,1H3,(H,27,28)/b25-14+. The third-order valence-corrected chi connectivity index (χ3v) is 6.07. The van der Waals surface area contributed by atoms with E-state index >= 15 is 0 Å². The highest BCUT2D eigenvalue weighted by molar-refractivity contribution is 7.89. The summed E-state index contributed by atoms with van der Waals surface area (Å²) in [6.45, 7) is 1.34. The molecule has 8 nitrogen and oxygen atoms in total. The molecule has 0 aliphatic rings. The molecular weight excluding hydrogens is 466 g/mol. The molecule has 0 saturated heterocycles. The number of carbonyl (C=O) groups excluding carboxylic acids is 2. The van der Waals surface area contributed by atoms with Crippen LogP contribution in [0.5, 0.6) is 5.75 Å². The topological polar surface area (TPSA) is 114 Å². The van der Waals surface area contributed by atoms with E-state index in [0.29, 0.717) is 21.9 Å². The molecule has 2 N–H and O–H groups in total. The van der Waals surface area contributed by atoms with E-state index in [0.717, 1.165) is 5.56 Å². The minimum Gasteiger partial charge on any atom is -0.423 e. The Labute approximate surface area is 196 Å². The lowest BCUT2D eigenvalue weighted by molar-refractivity contribution is -0.119. The van der Waals surface area contributed by atoms with Crippen LogP contribution in [0.25, 0.3) is 0 Å². The average molecular weight is 486 g/mol. The fraction of sp³-hybridized carbons (Fsp3) is 0.0870. The Morgan fingerprint density at radius 2 is 1.67 bits per heavy atom. The van der Waals surface area contributed by atoms with Crippen LogP contribution in [0, 0.1) is 6.92 Å². The van der Waals surface area contributed by atoms with Crippen molar-refractivity contribution in [2.45, 2.75) is 11.8 Å². The van der Waals surface area contributed by atoms with Gasteiger partial charge in [-0.25, -0.2) is 23.4 Å². The Kier molecular flexibility index (Phi) is 7.94. The van der Waals surface area contributed by atoms with E-state index in [2.05, 4.69) is 15.2 Å². The number of carbonyl (C=O) groups is 2. The number of benzene rings is 3. The molecule has 3 aromatic carbocycles. The van der Waals surface area contributed by atoms with Gasteiger partial charge < -0.3 is 4.74 Å². The van der Waals surface area contributed by atoms with Crippen LogP contribution in [0.1, 0.15) is 21.5 Å². The second-order valence-corrected chi connectivity index (χ2v) is 9.05. The fourth-order valence-electron chi connectivity index (χ4n) is 2.66. The SMILES string of the molecule is Cc1ccccc1C(=O)Oc1ccc(/C=N/NC(=O)CNS(=O)(=O)c2ccc(Cl)cc2)cc1. The zero-order valence-corrected chi connectivity index (χ0v) is 19.1. The maximum Gasteiger partial charge on any atom is 0.343 e.